The summed E-state index contributed by atoms with van der Waals surface area (Å²) in [5, 5.41) is 21.6. The molecule has 0 aromatic heterocycles. The fourth-order valence-corrected chi connectivity index (χ4v) is 1.87. The normalized spacial score (nSPS) is 10.2. The van der Waals surface area contributed by atoms with Crippen LogP contribution in [0.2, 0.25) is 5.02 Å². The highest BCUT2D eigenvalue weighted by atomic mass is 35.5. The van der Waals surface area contributed by atoms with Gasteiger partial charge in [0.2, 0.25) is 0 Å². The van der Waals surface area contributed by atoms with Gasteiger partial charge in [-0.3, -0.25) is 4.79 Å². The molecule has 19 heavy (non-hydrogen) atoms. The number of phenolic OH excluding ortho intramolecular Hbond substituents is 2. The van der Waals surface area contributed by atoms with Crippen molar-refractivity contribution in [1.82, 2.24) is 0 Å². The Labute approximate surface area is 115 Å². The average Bonchev–Trinajstić information content (AvgIpc) is 2.35. The van der Waals surface area contributed by atoms with Gasteiger partial charge in [-0.1, -0.05) is 11.6 Å². The van der Waals surface area contributed by atoms with Crippen LogP contribution in [0, 0.1) is 6.92 Å². The maximum absolute atomic E-state index is 12.1. The van der Waals surface area contributed by atoms with Crippen molar-refractivity contribution in [2.75, 3.05) is 5.32 Å². The lowest BCUT2D eigenvalue weighted by Gasteiger charge is -2.10. The van der Waals surface area contributed by atoms with E-state index < -0.39 is 5.91 Å². The highest BCUT2D eigenvalue weighted by Crippen LogP contribution is 2.24. The van der Waals surface area contributed by atoms with Gasteiger partial charge in [0.25, 0.3) is 5.91 Å². The first-order chi connectivity index (χ1) is 8.97. The Kier molecular flexibility index (Phi) is 3.62. The minimum atomic E-state index is -0.422. The molecule has 0 aliphatic rings. The van der Waals surface area contributed by atoms with Gasteiger partial charge in [-0.15, -0.1) is 0 Å². The predicted octanol–water partition coefficient (Wildman–Crippen LogP) is 3.31. The average molecular weight is 278 g/mol. The van der Waals surface area contributed by atoms with E-state index in [0.29, 0.717) is 5.69 Å². The first-order valence-electron chi connectivity index (χ1n) is 5.57. The van der Waals surface area contributed by atoms with Crippen LogP contribution in [0.3, 0.4) is 0 Å². The monoisotopic (exact) mass is 277 g/mol. The number of halogens is 1. The number of aryl methyl sites for hydroxylation is 1. The van der Waals surface area contributed by atoms with Crippen molar-refractivity contribution in [3.8, 4) is 11.5 Å². The number of carbonyl (C=O) groups excluding carboxylic acids is 1. The lowest BCUT2D eigenvalue weighted by Crippen LogP contribution is -2.13. The summed E-state index contributed by atoms with van der Waals surface area (Å²) in [6, 6.07) is 8.78. The van der Waals surface area contributed by atoms with Crippen LogP contribution in [0.5, 0.6) is 11.5 Å². The molecule has 5 heteroatoms. The van der Waals surface area contributed by atoms with E-state index in [1.54, 1.807) is 19.1 Å². The second kappa shape index (κ2) is 5.20. The molecule has 2 aromatic carbocycles. The second-order valence-electron chi connectivity index (χ2n) is 4.12. The maximum atomic E-state index is 12.1. The van der Waals surface area contributed by atoms with Gasteiger partial charge in [0.05, 0.1) is 10.6 Å². The van der Waals surface area contributed by atoms with Crippen molar-refractivity contribution >= 4 is 23.2 Å². The molecule has 2 rings (SSSR count). The molecule has 0 radical (unpaired) electrons. The molecule has 3 N–H and O–H groups in total. The van der Waals surface area contributed by atoms with Crippen LogP contribution >= 0.6 is 11.6 Å². The zero-order valence-corrected chi connectivity index (χ0v) is 10.9. The van der Waals surface area contributed by atoms with Crippen molar-refractivity contribution < 1.29 is 15.0 Å². The summed E-state index contributed by atoms with van der Waals surface area (Å²) in [6.07, 6.45) is 0. The van der Waals surface area contributed by atoms with E-state index in [1.807, 2.05) is 0 Å². The number of carbonyl (C=O) groups is 1. The molecule has 0 aliphatic carbocycles. The number of benzene rings is 2. The Balaban J connectivity index is 2.28. The van der Waals surface area contributed by atoms with Crippen molar-refractivity contribution in [3.05, 3.63) is 52.5 Å². The van der Waals surface area contributed by atoms with Crippen LogP contribution in [-0.4, -0.2) is 16.1 Å². The summed E-state index contributed by atoms with van der Waals surface area (Å²) in [4.78, 5) is 12.1. The van der Waals surface area contributed by atoms with Gasteiger partial charge in [-0.25, -0.2) is 0 Å². The van der Waals surface area contributed by atoms with E-state index in [0.717, 1.165) is 5.56 Å². The van der Waals surface area contributed by atoms with Crippen LogP contribution in [0.15, 0.2) is 36.4 Å². The molecule has 0 atom stereocenters. The number of hydrogen-bond acceptors (Lipinski definition) is 3. The minimum Gasteiger partial charge on any atom is -0.508 e. The second-order valence-corrected chi connectivity index (χ2v) is 4.52. The number of aromatic hydroxyl groups is 2. The summed E-state index contributed by atoms with van der Waals surface area (Å²) in [7, 11) is 0. The van der Waals surface area contributed by atoms with E-state index in [-0.39, 0.29) is 22.1 Å². The third kappa shape index (κ3) is 2.98. The van der Waals surface area contributed by atoms with E-state index >= 15 is 0 Å². The van der Waals surface area contributed by atoms with E-state index in [2.05, 4.69) is 5.32 Å². The Morgan fingerprint density at radius 2 is 1.74 bits per heavy atom. The van der Waals surface area contributed by atoms with Gasteiger partial charge >= 0.3 is 0 Å². The number of anilines is 1. The van der Waals surface area contributed by atoms with Crippen molar-refractivity contribution in [3.63, 3.8) is 0 Å². The summed E-state index contributed by atoms with van der Waals surface area (Å²) in [5.41, 5.74) is 1.49. The van der Waals surface area contributed by atoms with Gasteiger partial charge in [-0.2, -0.15) is 0 Å². The van der Waals surface area contributed by atoms with Gasteiger partial charge < -0.3 is 15.5 Å². The SMILES string of the molecule is Cc1cc(O)ccc1NC(=O)c1cc(O)ccc1Cl. The van der Waals surface area contributed by atoms with Crippen LogP contribution in [0.1, 0.15) is 15.9 Å². The van der Waals surface area contributed by atoms with Crippen LogP contribution in [-0.2, 0) is 0 Å². The van der Waals surface area contributed by atoms with E-state index in [9.17, 15) is 15.0 Å². The number of hydrogen-bond donors (Lipinski definition) is 3. The van der Waals surface area contributed by atoms with Crippen LogP contribution < -0.4 is 5.32 Å². The highest BCUT2D eigenvalue weighted by molar-refractivity contribution is 6.34. The Hall–Kier alpha value is -2.20. The van der Waals surface area contributed by atoms with Gasteiger partial charge in [0.1, 0.15) is 11.5 Å². The highest BCUT2D eigenvalue weighted by Gasteiger charge is 2.12. The molecule has 0 fully saturated rings. The molecule has 0 heterocycles. The van der Waals surface area contributed by atoms with Gasteiger partial charge in [0, 0.05) is 5.69 Å². The van der Waals surface area contributed by atoms with E-state index in [4.69, 9.17) is 11.6 Å². The summed E-state index contributed by atoms with van der Waals surface area (Å²) < 4.78 is 0. The zero-order chi connectivity index (χ0) is 14.0. The lowest BCUT2D eigenvalue weighted by molar-refractivity contribution is 0.102. The predicted molar refractivity (Wildman–Crippen MR) is 73.9 cm³/mol. The molecule has 0 bridgehead atoms. The third-order valence-corrected chi connectivity index (χ3v) is 2.98. The topological polar surface area (TPSA) is 69.6 Å². The van der Waals surface area contributed by atoms with Gasteiger partial charge in [-0.05, 0) is 48.9 Å². The number of rotatable bonds is 2. The zero-order valence-electron chi connectivity index (χ0n) is 10.1. The summed E-state index contributed by atoms with van der Waals surface area (Å²) in [5.74, 6) is -0.322. The molecular formula is C14H12ClNO3. The molecule has 1 amide bonds. The quantitative estimate of drug-likeness (QED) is 0.738. The molecule has 98 valence electrons. The standard InChI is InChI=1S/C14H12ClNO3/c1-8-6-9(17)3-5-13(8)16-14(19)11-7-10(18)2-4-12(11)15/h2-7,17-18H,1H3,(H,16,19). The fraction of sp³-hybridized carbons (Fsp3) is 0.0714. The number of nitrogens with one attached hydrogen (secondary N) is 1. The molecule has 4 nitrogen and oxygen atoms in total. The first kappa shape index (κ1) is 13.2. The summed E-state index contributed by atoms with van der Waals surface area (Å²) in [6.45, 7) is 1.76. The van der Waals surface area contributed by atoms with Gasteiger partial charge in [0.15, 0.2) is 0 Å². The minimum absolute atomic E-state index is 0.0306. The molecular weight excluding hydrogens is 266 g/mol. The lowest BCUT2D eigenvalue weighted by atomic mass is 10.1. The van der Waals surface area contributed by atoms with Crippen molar-refractivity contribution in [2.45, 2.75) is 6.92 Å². The Bertz CT molecular complexity index is 641. The molecule has 0 spiro atoms. The molecule has 0 aliphatic heterocycles. The van der Waals surface area contributed by atoms with E-state index in [1.165, 1.54) is 24.3 Å². The number of phenols is 2. The van der Waals surface area contributed by atoms with Crippen molar-refractivity contribution in [2.24, 2.45) is 0 Å². The van der Waals surface area contributed by atoms with Crippen LogP contribution in [0.4, 0.5) is 5.69 Å². The maximum Gasteiger partial charge on any atom is 0.257 e. The summed E-state index contributed by atoms with van der Waals surface area (Å²) >= 11 is 5.91. The molecule has 0 saturated carbocycles. The van der Waals surface area contributed by atoms with Crippen molar-refractivity contribution in [1.29, 1.82) is 0 Å². The smallest absolute Gasteiger partial charge is 0.257 e. The molecule has 0 unspecified atom stereocenters. The Morgan fingerprint density at radius 3 is 2.42 bits per heavy atom. The molecule has 2 aromatic rings. The molecule has 0 saturated heterocycles. The van der Waals surface area contributed by atoms with Crippen LogP contribution in [0.25, 0.3) is 0 Å². The first-order valence-corrected chi connectivity index (χ1v) is 5.94. The fourth-order valence-electron chi connectivity index (χ4n) is 1.67. The largest absolute Gasteiger partial charge is 0.508 e. The number of amides is 1. The Morgan fingerprint density at radius 1 is 1.11 bits per heavy atom. The third-order valence-electron chi connectivity index (χ3n) is 2.65.